The normalized spacial score (nSPS) is 15.1. The Kier molecular flexibility index (Phi) is 5.04. The Morgan fingerprint density at radius 2 is 1.79 bits per heavy atom. The van der Waals surface area contributed by atoms with Gasteiger partial charge < -0.3 is 4.90 Å². The molecule has 1 saturated heterocycles. The molecule has 1 aromatic heterocycles. The lowest BCUT2D eigenvalue weighted by Gasteiger charge is -2.24. The number of nitrogens with zero attached hydrogens (tertiary/aromatic N) is 3. The van der Waals surface area contributed by atoms with Crippen LogP contribution < -0.4 is 11.2 Å². The van der Waals surface area contributed by atoms with Gasteiger partial charge in [0.05, 0.1) is 16.6 Å². The van der Waals surface area contributed by atoms with E-state index in [4.69, 9.17) is 11.6 Å². The minimum absolute atomic E-state index is 0.125. The molecule has 3 aromatic rings. The highest BCUT2D eigenvalue weighted by Gasteiger charge is 2.28. The first kappa shape index (κ1) is 19.5. The summed E-state index contributed by atoms with van der Waals surface area (Å²) in [7, 11) is 0. The summed E-state index contributed by atoms with van der Waals surface area (Å²) in [5.41, 5.74) is 0.806. The lowest BCUT2D eigenvalue weighted by molar-refractivity contribution is -0.133. The second-order valence-electron chi connectivity index (χ2n) is 7.50. The van der Waals surface area contributed by atoms with E-state index in [0.717, 1.165) is 23.0 Å². The van der Waals surface area contributed by atoms with E-state index in [1.54, 1.807) is 48.2 Å². The van der Waals surface area contributed by atoms with Gasteiger partial charge in [0, 0.05) is 18.1 Å². The first-order valence-electron chi connectivity index (χ1n) is 9.71. The molecule has 1 fully saturated rings. The number of hydrogen-bond donors (Lipinski definition) is 0. The van der Waals surface area contributed by atoms with E-state index in [9.17, 15) is 14.4 Å². The zero-order chi connectivity index (χ0) is 20.7. The molecule has 7 heteroatoms. The van der Waals surface area contributed by atoms with Gasteiger partial charge >= 0.3 is 5.69 Å². The zero-order valence-electron chi connectivity index (χ0n) is 16.4. The van der Waals surface area contributed by atoms with Gasteiger partial charge in [-0.25, -0.2) is 9.36 Å². The summed E-state index contributed by atoms with van der Waals surface area (Å²) in [5, 5.41) is 0.746. The topological polar surface area (TPSA) is 64.3 Å². The molecule has 1 atom stereocenters. The van der Waals surface area contributed by atoms with Crippen molar-refractivity contribution in [3.63, 3.8) is 0 Å². The van der Waals surface area contributed by atoms with E-state index in [1.165, 1.54) is 4.57 Å². The number of likely N-dealkylation sites (tertiary alicyclic amines) is 1. The van der Waals surface area contributed by atoms with Crippen molar-refractivity contribution >= 4 is 28.4 Å². The maximum atomic E-state index is 13.5. The van der Waals surface area contributed by atoms with Crippen molar-refractivity contribution in [3.05, 3.63) is 73.9 Å². The number of hydrogen-bond acceptors (Lipinski definition) is 3. The highest BCUT2D eigenvalue weighted by atomic mass is 35.5. The monoisotopic (exact) mass is 411 g/mol. The number of aryl methyl sites for hydroxylation is 1. The van der Waals surface area contributed by atoms with Crippen molar-refractivity contribution in [3.8, 4) is 5.69 Å². The van der Waals surface area contributed by atoms with E-state index in [0.29, 0.717) is 34.7 Å². The van der Waals surface area contributed by atoms with Crippen LogP contribution in [0.1, 0.15) is 31.4 Å². The van der Waals surface area contributed by atoms with Gasteiger partial charge in [0.1, 0.15) is 6.04 Å². The molecule has 2 heterocycles. The van der Waals surface area contributed by atoms with Crippen molar-refractivity contribution < 1.29 is 4.79 Å². The third-order valence-electron chi connectivity index (χ3n) is 5.47. The minimum Gasteiger partial charge on any atom is -0.341 e. The Labute approximate surface area is 172 Å². The van der Waals surface area contributed by atoms with Crippen LogP contribution in [0.2, 0.25) is 5.02 Å². The lowest BCUT2D eigenvalue weighted by Crippen LogP contribution is -2.44. The van der Waals surface area contributed by atoms with Crippen LogP contribution in [-0.4, -0.2) is 33.0 Å². The molecule has 0 radical (unpaired) electrons. The highest BCUT2D eigenvalue weighted by Crippen LogP contribution is 2.22. The van der Waals surface area contributed by atoms with Gasteiger partial charge in [-0.2, -0.15) is 0 Å². The molecule has 29 heavy (non-hydrogen) atoms. The van der Waals surface area contributed by atoms with Crippen LogP contribution in [0, 0.1) is 6.92 Å². The first-order valence-corrected chi connectivity index (χ1v) is 10.1. The van der Waals surface area contributed by atoms with Crippen LogP contribution in [0.4, 0.5) is 0 Å². The molecule has 1 aliphatic rings. The van der Waals surface area contributed by atoms with Crippen molar-refractivity contribution in [1.82, 2.24) is 14.0 Å². The Morgan fingerprint density at radius 3 is 2.48 bits per heavy atom. The molecule has 0 aliphatic carbocycles. The molecule has 4 rings (SSSR count). The van der Waals surface area contributed by atoms with Gasteiger partial charge in [-0.3, -0.25) is 14.2 Å². The maximum absolute atomic E-state index is 13.5. The van der Waals surface area contributed by atoms with Crippen LogP contribution in [0.25, 0.3) is 16.6 Å². The van der Waals surface area contributed by atoms with E-state index < -0.39 is 17.3 Å². The second-order valence-corrected chi connectivity index (χ2v) is 7.94. The summed E-state index contributed by atoms with van der Waals surface area (Å²) < 4.78 is 2.53. The molecule has 0 N–H and O–H groups in total. The number of carbonyl (C=O) groups excluding carboxylic acids is 1. The van der Waals surface area contributed by atoms with Gasteiger partial charge in [0.15, 0.2) is 0 Å². The number of rotatable bonds is 3. The molecule has 1 aliphatic heterocycles. The molecule has 6 nitrogen and oxygen atoms in total. The third-order valence-corrected chi connectivity index (χ3v) is 5.71. The number of amides is 1. The zero-order valence-corrected chi connectivity index (χ0v) is 17.1. The molecular formula is C22H22ClN3O3. The van der Waals surface area contributed by atoms with Crippen LogP contribution >= 0.6 is 11.6 Å². The van der Waals surface area contributed by atoms with Crippen molar-refractivity contribution in [2.45, 2.75) is 32.7 Å². The molecule has 2 aromatic carbocycles. The summed E-state index contributed by atoms with van der Waals surface area (Å²) in [6, 6.07) is 11.2. The standard InChI is InChI=1S/C22H22ClN3O3/c1-14-6-5-7-17(12-14)26-21(28)18-9-8-16(23)13-19(18)25(22(26)29)15(2)20(27)24-10-3-4-11-24/h5-9,12-13,15H,3-4,10-11H2,1-2H3/t15-/m0/s1. The maximum Gasteiger partial charge on any atom is 0.336 e. The number of benzene rings is 2. The summed E-state index contributed by atoms with van der Waals surface area (Å²) in [5.74, 6) is -0.125. The lowest BCUT2D eigenvalue weighted by atomic mass is 10.2. The molecule has 0 saturated carbocycles. The van der Waals surface area contributed by atoms with E-state index in [2.05, 4.69) is 0 Å². The predicted octanol–water partition coefficient (Wildman–Crippen LogP) is 3.30. The first-order chi connectivity index (χ1) is 13.9. The molecule has 150 valence electrons. The summed E-state index contributed by atoms with van der Waals surface area (Å²) in [4.78, 5) is 41.5. The molecule has 0 unspecified atom stereocenters. The summed E-state index contributed by atoms with van der Waals surface area (Å²) in [6.07, 6.45) is 1.92. The molecule has 1 amide bonds. The predicted molar refractivity (Wildman–Crippen MR) is 114 cm³/mol. The van der Waals surface area contributed by atoms with Gasteiger partial charge in [-0.1, -0.05) is 23.7 Å². The number of carbonyl (C=O) groups is 1. The molecule has 0 bridgehead atoms. The van der Waals surface area contributed by atoms with Crippen molar-refractivity contribution in [2.24, 2.45) is 0 Å². The van der Waals surface area contributed by atoms with Crippen LogP contribution in [-0.2, 0) is 4.79 Å². The Hall–Kier alpha value is -2.86. The fourth-order valence-corrected chi connectivity index (χ4v) is 4.15. The smallest absolute Gasteiger partial charge is 0.336 e. The van der Waals surface area contributed by atoms with Crippen molar-refractivity contribution in [1.29, 1.82) is 0 Å². The van der Waals surface area contributed by atoms with Crippen LogP contribution in [0.3, 0.4) is 0 Å². The van der Waals surface area contributed by atoms with E-state index >= 15 is 0 Å². The van der Waals surface area contributed by atoms with Gasteiger partial charge in [-0.05, 0) is 62.6 Å². The van der Waals surface area contributed by atoms with Crippen molar-refractivity contribution in [2.75, 3.05) is 13.1 Å². The summed E-state index contributed by atoms with van der Waals surface area (Å²) >= 11 is 6.16. The quantitative estimate of drug-likeness (QED) is 0.664. The Morgan fingerprint density at radius 1 is 1.07 bits per heavy atom. The SMILES string of the molecule is Cc1cccc(-n2c(=O)c3ccc(Cl)cc3n([C@@H](C)C(=O)N3CCCC3)c2=O)c1. The Balaban J connectivity index is 2.02. The third kappa shape index (κ3) is 3.38. The molecular weight excluding hydrogens is 390 g/mol. The minimum atomic E-state index is -0.752. The van der Waals surface area contributed by atoms with E-state index in [-0.39, 0.29) is 5.91 Å². The summed E-state index contributed by atoms with van der Waals surface area (Å²) in [6.45, 7) is 4.98. The molecule has 0 spiro atoms. The average Bonchev–Trinajstić information content (AvgIpc) is 3.22. The highest BCUT2D eigenvalue weighted by molar-refractivity contribution is 6.31. The van der Waals surface area contributed by atoms with Crippen LogP contribution in [0.15, 0.2) is 52.1 Å². The Bertz CT molecular complexity index is 1220. The fraction of sp³-hybridized carbons (Fsp3) is 0.318. The number of fused-ring (bicyclic) bond motifs is 1. The van der Waals surface area contributed by atoms with E-state index in [1.807, 2.05) is 13.0 Å². The van der Waals surface area contributed by atoms with Gasteiger partial charge in [-0.15, -0.1) is 0 Å². The van der Waals surface area contributed by atoms with Crippen LogP contribution in [0.5, 0.6) is 0 Å². The van der Waals surface area contributed by atoms with Gasteiger partial charge in [0.25, 0.3) is 5.56 Å². The largest absolute Gasteiger partial charge is 0.341 e. The second kappa shape index (κ2) is 7.52. The number of aromatic nitrogens is 2. The number of halogens is 1. The fourth-order valence-electron chi connectivity index (χ4n) is 3.98. The van der Waals surface area contributed by atoms with Gasteiger partial charge in [0.2, 0.25) is 5.91 Å². The average molecular weight is 412 g/mol.